The van der Waals surface area contributed by atoms with Gasteiger partial charge in [-0.15, -0.1) is 13.2 Å². The molecule has 0 saturated heterocycles. The third-order valence-corrected chi connectivity index (χ3v) is 2.59. The SMILES string of the molecule is COc1ccc(OC(F)(F)F)cc1C=Nn1cc(C)nc1N. The number of aromatic nitrogens is 2. The van der Waals surface area contributed by atoms with E-state index in [1.165, 1.54) is 24.1 Å². The van der Waals surface area contributed by atoms with E-state index in [1.54, 1.807) is 13.1 Å². The Balaban J connectivity index is 2.32. The highest BCUT2D eigenvalue weighted by Gasteiger charge is 2.31. The van der Waals surface area contributed by atoms with Crippen LogP contribution in [0, 0.1) is 6.92 Å². The summed E-state index contributed by atoms with van der Waals surface area (Å²) in [7, 11) is 1.40. The molecule has 0 aliphatic carbocycles. The van der Waals surface area contributed by atoms with Crippen molar-refractivity contribution in [2.75, 3.05) is 12.8 Å². The Bertz CT molecular complexity index is 695. The van der Waals surface area contributed by atoms with Crippen LogP contribution in [0.5, 0.6) is 11.5 Å². The van der Waals surface area contributed by atoms with Crippen LogP contribution >= 0.6 is 0 Å². The number of ether oxygens (including phenoxy) is 2. The number of hydrogen-bond donors (Lipinski definition) is 1. The summed E-state index contributed by atoms with van der Waals surface area (Å²) in [5.74, 6) is 0.133. The smallest absolute Gasteiger partial charge is 0.496 e. The maximum absolute atomic E-state index is 12.2. The molecule has 1 aromatic heterocycles. The molecule has 1 aromatic carbocycles. The minimum atomic E-state index is -4.77. The topological polar surface area (TPSA) is 74.7 Å². The van der Waals surface area contributed by atoms with Crippen LogP contribution in [0.3, 0.4) is 0 Å². The van der Waals surface area contributed by atoms with E-state index in [-0.39, 0.29) is 11.7 Å². The quantitative estimate of drug-likeness (QED) is 0.880. The molecule has 0 atom stereocenters. The van der Waals surface area contributed by atoms with Crippen LogP contribution in [0.4, 0.5) is 19.1 Å². The van der Waals surface area contributed by atoms with Gasteiger partial charge in [0.25, 0.3) is 0 Å². The van der Waals surface area contributed by atoms with Crippen LogP contribution in [-0.2, 0) is 0 Å². The molecule has 0 spiro atoms. The van der Waals surface area contributed by atoms with Crippen molar-refractivity contribution >= 4 is 12.2 Å². The van der Waals surface area contributed by atoms with Crippen molar-refractivity contribution in [3.05, 3.63) is 35.7 Å². The summed E-state index contributed by atoms with van der Waals surface area (Å²) in [5.41, 5.74) is 6.59. The van der Waals surface area contributed by atoms with Crippen LogP contribution in [0.2, 0.25) is 0 Å². The highest BCUT2D eigenvalue weighted by molar-refractivity contribution is 5.84. The predicted octanol–water partition coefficient (Wildman–Crippen LogP) is 2.56. The second kappa shape index (κ2) is 5.96. The van der Waals surface area contributed by atoms with Gasteiger partial charge in [-0.3, -0.25) is 0 Å². The first-order valence-corrected chi connectivity index (χ1v) is 6.08. The van der Waals surface area contributed by atoms with Crippen molar-refractivity contribution in [1.82, 2.24) is 9.66 Å². The summed E-state index contributed by atoms with van der Waals surface area (Å²) in [5, 5.41) is 4.03. The van der Waals surface area contributed by atoms with E-state index >= 15 is 0 Å². The monoisotopic (exact) mass is 314 g/mol. The van der Waals surface area contributed by atoms with Crippen LogP contribution < -0.4 is 15.2 Å². The Morgan fingerprint density at radius 1 is 1.36 bits per heavy atom. The fourth-order valence-corrected chi connectivity index (χ4v) is 1.73. The second-order valence-corrected chi connectivity index (χ2v) is 4.28. The van der Waals surface area contributed by atoms with Gasteiger partial charge in [0.2, 0.25) is 5.95 Å². The predicted molar refractivity (Wildman–Crippen MR) is 74.0 cm³/mol. The fourth-order valence-electron chi connectivity index (χ4n) is 1.73. The fraction of sp³-hybridized carbons (Fsp3) is 0.231. The van der Waals surface area contributed by atoms with Crippen molar-refractivity contribution < 1.29 is 22.6 Å². The summed E-state index contributed by atoms with van der Waals surface area (Å²) in [6, 6.07) is 3.67. The molecule has 118 valence electrons. The van der Waals surface area contributed by atoms with Crippen molar-refractivity contribution in [2.45, 2.75) is 13.3 Å². The third-order valence-electron chi connectivity index (χ3n) is 2.59. The number of alkyl halides is 3. The molecule has 2 aromatic rings. The number of nitrogens with two attached hydrogens (primary N) is 1. The van der Waals surface area contributed by atoms with E-state index in [0.29, 0.717) is 17.0 Å². The van der Waals surface area contributed by atoms with Gasteiger partial charge in [-0.05, 0) is 25.1 Å². The largest absolute Gasteiger partial charge is 0.573 e. The maximum Gasteiger partial charge on any atom is 0.573 e. The van der Waals surface area contributed by atoms with Gasteiger partial charge in [0.1, 0.15) is 11.5 Å². The average Bonchev–Trinajstić information content (AvgIpc) is 2.73. The molecular weight excluding hydrogens is 301 g/mol. The standard InChI is InChI=1S/C13H13F3N4O2/c1-8-7-20(12(17)19-8)18-6-9-5-10(22-13(14,15)16)3-4-11(9)21-2/h3-7H,1-2H3,(H2,17,19). The number of imidazole rings is 1. The van der Waals surface area contributed by atoms with Gasteiger partial charge in [-0.2, -0.15) is 5.10 Å². The zero-order valence-electron chi connectivity index (χ0n) is 11.8. The van der Waals surface area contributed by atoms with Gasteiger partial charge in [-0.25, -0.2) is 9.66 Å². The minimum Gasteiger partial charge on any atom is -0.496 e. The van der Waals surface area contributed by atoms with Gasteiger partial charge in [0, 0.05) is 5.56 Å². The summed E-state index contributed by atoms with van der Waals surface area (Å²) in [4.78, 5) is 3.95. The lowest BCUT2D eigenvalue weighted by molar-refractivity contribution is -0.274. The highest BCUT2D eigenvalue weighted by Crippen LogP contribution is 2.27. The molecule has 22 heavy (non-hydrogen) atoms. The molecule has 1 heterocycles. The van der Waals surface area contributed by atoms with Gasteiger partial charge in [-0.1, -0.05) is 0 Å². The van der Waals surface area contributed by atoms with Crippen molar-refractivity contribution in [3.8, 4) is 11.5 Å². The number of aryl methyl sites for hydroxylation is 1. The zero-order valence-corrected chi connectivity index (χ0v) is 11.8. The Hall–Kier alpha value is -2.71. The molecule has 0 saturated carbocycles. The summed E-state index contributed by atoms with van der Waals surface area (Å²) in [6.45, 7) is 1.74. The molecule has 0 aliphatic rings. The first-order chi connectivity index (χ1) is 10.3. The molecule has 2 rings (SSSR count). The molecule has 0 radical (unpaired) electrons. The van der Waals surface area contributed by atoms with Crippen molar-refractivity contribution in [1.29, 1.82) is 0 Å². The van der Waals surface area contributed by atoms with Crippen LogP contribution in [0.25, 0.3) is 0 Å². The Morgan fingerprint density at radius 2 is 2.09 bits per heavy atom. The molecule has 9 heteroatoms. The summed E-state index contributed by atoms with van der Waals surface area (Å²) >= 11 is 0. The first-order valence-electron chi connectivity index (χ1n) is 6.08. The second-order valence-electron chi connectivity index (χ2n) is 4.28. The van der Waals surface area contributed by atoms with E-state index in [0.717, 1.165) is 12.1 Å². The lowest BCUT2D eigenvalue weighted by Crippen LogP contribution is -2.17. The third kappa shape index (κ3) is 3.90. The normalized spacial score (nSPS) is 11.9. The van der Waals surface area contributed by atoms with Crippen LogP contribution in [0.15, 0.2) is 29.5 Å². The van der Waals surface area contributed by atoms with Gasteiger partial charge in [0.05, 0.1) is 25.2 Å². The lowest BCUT2D eigenvalue weighted by atomic mass is 10.2. The molecule has 0 fully saturated rings. The van der Waals surface area contributed by atoms with Gasteiger partial charge in [0.15, 0.2) is 0 Å². The summed E-state index contributed by atoms with van der Waals surface area (Å²) < 4.78 is 47.0. The van der Waals surface area contributed by atoms with Gasteiger partial charge >= 0.3 is 6.36 Å². The van der Waals surface area contributed by atoms with Crippen molar-refractivity contribution in [2.24, 2.45) is 5.10 Å². The first kappa shape index (κ1) is 15.7. The van der Waals surface area contributed by atoms with Gasteiger partial charge < -0.3 is 15.2 Å². The van der Waals surface area contributed by atoms with E-state index in [9.17, 15) is 13.2 Å². The molecule has 0 amide bonds. The molecule has 0 unspecified atom stereocenters. The number of halogens is 3. The molecule has 6 nitrogen and oxygen atoms in total. The van der Waals surface area contributed by atoms with Crippen LogP contribution in [0.1, 0.15) is 11.3 Å². The molecule has 0 aliphatic heterocycles. The Morgan fingerprint density at radius 3 is 2.64 bits per heavy atom. The number of anilines is 1. The minimum absolute atomic E-state index is 0.162. The number of methoxy groups -OCH3 is 1. The maximum atomic E-state index is 12.2. The van der Waals surface area contributed by atoms with E-state index in [1.807, 2.05) is 0 Å². The number of rotatable bonds is 4. The van der Waals surface area contributed by atoms with Crippen molar-refractivity contribution in [3.63, 3.8) is 0 Å². The average molecular weight is 314 g/mol. The highest BCUT2D eigenvalue weighted by atomic mass is 19.4. The Labute approximate surface area is 124 Å². The Kier molecular flexibility index (Phi) is 4.25. The molecular formula is C13H13F3N4O2. The zero-order chi connectivity index (χ0) is 16.3. The molecule has 0 bridgehead atoms. The van der Waals surface area contributed by atoms with E-state index in [4.69, 9.17) is 10.5 Å². The van der Waals surface area contributed by atoms with Crippen LogP contribution in [-0.4, -0.2) is 29.3 Å². The number of benzene rings is 1. The van der Waals surface area contributed by atoms with E-state index < -0.39 is 6.36 Å². The summed E-state index contributed by atoms with van der Waals surface area (Å²) in [6.07, 6.45) is -1.89. The lowest BCUT2D eigenvalue weighted by Gasteiger charge is -2.11. The molecule has 2 N–H and O–H groups in total. The number of nitrogens with zero attached hydrogens (tertiary/aromatic N) is 3. The number of nitrogen functional groups attached to an aromatic ring is 1. The number of hydrogen-bond acceptors (Lipinski definition) is 5. The van der Waals surface area contributed by atoms with E-state index in [2.05, 4.69) is 14.8 Å².